The highest BCUT2D eigenvalue weighted by Crippen LogP contribution is 2.33. The predicted molar refractivity (Wildman–Crippen MR) is 85.1 cm³/mol. The number of nitrogens with one attached hydrogen (secondary N) is 1. The predicted octanol–water partition coefficient (Wildman–Crippen LogP) is 4.34. The molecule has 100 valence electrons. The third-order valence-corrected chi connectivity index (χ3v) is 3.60. The standard InChI is InChI=1S/C18H18N2/c1-12-10-13(2)17(14(3)11-12)18(15-6-4-8-19-15)16-7-5-9-20-16/h4-11,19H,1-3H3/b18-16-. The Morgan fingerprint density at radius 1 is 1.10 bits per heavy atom. The van der Waals surface area contributed by atoms with Gasteiger partial charge in [0.05, 0.1) is 5.70 Å². The number of hydrogen-bond donors (Lipinski definition) is 1. The van der Waals surface area contributed by atoms with E-state index in [2.05, 4.69) is 55.0 Å². The summed E-state index contributed by atoms with van der Waals surface area (Å²) in [4.78, 5) is 7.81. The van der Waals surface area contributed by atoms with E-state index in [0.29, 0.717) is 0 Å². The van der Waals surface area contributed by atoms with Gasteiger partial charge in [-0.15, -0.1) is 0 Å². The van der Waals surface area contributed by atoms with Crippen LogP contribution in [0.3, 0.4) is 0 Å². The number of allylic oxidation sites excluding steroid dienone is 2. The number of aliphatic imine (C=N–C) groups is 1. The molecule has 0 bridgehead atoms. The van der Waals surface area contributed by atoms with Crippen LogP contribution in [0, 0.1) is 20.8 Å². The van der Waals surface area contributed by atoms with Crippen LogP contribution in [0.4, 0.5) is 0 Å². The molecule has 0 aliphatic carbocycles. The van der Waals surface area contributed by atoms with Crippen molar-refractivity contribution in [2.24, 2.45) is 4.99 Å². The van der Waals surface area contributed by atoms with Crippen molar-refractivity contribution in [2.75, 3.05) is 0 Å². The fourth-order valence-electron chi connectivity index (χ4n) is 2.91. The lowest BCUT2D eigenvalue weighted by Crippen LogP contribution is -1.99. The van der Waals surface area contributed by atoms with E-state index in [9.17, 15) is 0 Å². The van der Waals surface area contributed by atoms with Gasteiger partial charge in [-0.2, -0.15) is 0 Å². The van der Waals surface area contributed by atoms with Crippen LogP contribution < -0.4 is 0 Å². The monoisotopic (exact) mass is 262 g/mol. The fraction of sp³-hybridized carbons (Fsp3) is 0.167. The van der Waals surface area contributed by atoms with E-state index in [-0.39, 0.29) is 0 Å². The van der Waals surface area contributed by atoms with E-state index in [0.717, 1.165) is 11.4 Å². The van der Waals surface area contributed by atoms with Crippen molar-refractivity contribution in [1.29, 1.82) is 0 Å². The number of H-pyrrole nitrogens is 1. The van der Waals surface area contributed by atoms with E-state index in [4.69, 9.17) is 0 Å². The molecule has 0 saturated carbocycles. The van der Waals surface area contributed by atoms with Gasteiger partial charge in [-0.25, -0.2) is 0 Å². The highest BCUT2D eigenvalue weighted by atomic mass is 14.8. The quantitative estimate of drug-likeness (QED) is 0.834. The summed E-state index contributed by atoms with van der Waals surface area (Å²) in [6.07, 6.45) is 7.85. The van der Waals surface area contributed by atoms with E-state index in [1.165, 1.54) is 27.8 Å². The first-order valence-corrected chi connectivity index (χ1v) is 6.84. The maximum absolute atomic E-state index is 4.50. The van der Waals surface area contributed by atoms with Crippen LogP contribution in [0.2, 0.25) is 0 Å². The number of hydrogen-bond acceptors (Lipinski definition) is 1. The SMILES string of the molecule is Cc1cc(C)c(/C(=C2/C=CC=N2)c2ccc[nH]2)c(C)c1. The van der Waals surface area contributed by atoms with Crippen LogP contribution in [0.1, 0.15) is 27.9 Å². The molecule has 0 radical (unpaired) electrons. The average molecular weight is 262 g/mol. The number of aromatic nitrogens is 1. The molecule has 1 aliphatic rings. The largest absolute Gasteiger partial charge is 0.361 e. The molecule has 1 aliphatic heterocycles. The Labute approximate surface area is 119 Å². The second kappa shape index (κ2) is 4.97. The second-order valence-electron chi connectivity index (χ2n) is 5.26. The minimum atomic E-state index is 1.02. The summed E-state index contributed by atoms with van der Waals surface area (Å²) >= 11 is 0. The Morgan fingerprint density at radius 2 is 1.85 bits per heavy atom. The summed E-state index contributed by atoms with van der Waals surface area (Å²) in [5, 5.41) is 0. The normalized spacial score (nSPS) is 15.9. The Kier molecular flexibility index (Phi) is 3.15. The van der Waals surface area contributed by atoms with Gasteiger partial charge in [-0.05, 0) is 61.7 Å². The van der Waals surface area contributed by atoms with Gasteiger partial charge in [0.15, 0.2) is 0 Å². The smallest absolute Gasteiger partial charge is 0.0729 e. The Morgan fingerprint density at radius 3 is 2.40 bits per heavy atom. The molecular formula is C18H18N2. The van der Waals surface area contributed by atoms with Gasteiger partial charge in [-0.1, -0.05) is 17.7 Å². The molecule has 0 amide bonds. The molecular weight excluding hydrogens is 244 g/mol. The van der Waals surface area contributed by atoms with Crippen molar-refractivity contribution in [2.45, 2.75) is 20.8 Å². The zero-order valence-corrected chi connectivity index (χ0v) is 12.1. The summed E-state index contributed by atoms with van der Waals surface area (Å²) in [5.74, 6) is 0. The molecule has 20 heavy (non-hydrogen) atoms. The molecule has 2 heteroatoms. The highest BCUT2D eigenvalue weighted by Gasteiger charge is 2.16. The maximum atomic E-state index is 4.50. The lowest BCUT2D eigenvalue weighted by Gasteiger charge is -2.15. The van der Waals surface area contributed by atoms with Crippen molar-refractivity contribution < 1.29 is 0 Å². The number of rotatable bonds is 2. The van der Waals surface area contributed by atoms with Gasteiger partial charge >= 0.3 is 0 Å². The second-order valence-corrected chi connectivity index (χ2v) is 5.26. The van der Waals surface area contributed by atoms with E-state index in [1.54, 1.807) is 0 Å². The highest BCUT2D eigenvalue weighted by molar-refractivity contribution is 5.89. The van der Waals surface area contributed by atoms with Gasteiger partial charge in [-0.3, -0.25) is 4.99 Å². The third kappa shape index (κ3) is 2.14. The third-order valence-electron chi connectivity index (χ3n) is 3.60. The summed E-state index contributed by atoms with van der Waals surface area (Å²) in [7, 11) is 0. The van der Waals surface area contributed by atoms with Crippen LogP contribution in [-0.4, -0.2) is 11.2 Å². The van der Waals surface area contributed by atoms with E-state index in [1.807, 2.05) is 24.6 Å². The maximum Gasteiger partial charge on any atom is 0.0729 e. The van der Waals surface area contributed by atoms with Crippen LogP contribution in [0.15, 0.2) is 53.3 Å². The average Bonchev–Trinajstić information content (AvgIpc) is 3.07. The van der Waals surface area contributed by atoms with Crippen molar-refractivity contribution in [3.8, 4) is 0 Å². The number of benzene rings is 1. The summed E-state index contributed by atoms with van der Waals surface area (Å²) in [6, 6.07) is 8.59. The van der Waals surface area contributed by atoms with Crippen LogP contribution in [-0.2, 0) is 0 Å². The zero-order valence-electron chi connectivity index (χ0n) is 12.1. The van der Waals surface area contributed by atoms with Gasteiger partial charge in [0, 0.05) is 23.7 Å². The molecule has 0 unspecified atom stereocenters. The zero-order chi connectivity index (χ0) is 14.1. The fourth-order valence-corrected chi connectivity index (χ4v) is 2.91. The molecule has 2 aromatic rings. The molecule has 1 aromatic heterocycles. The van der Waals surface area contributed by atoms with Crippen molar-refractivity contribution >= 4 is 11.8 Å². The van der Waals surface area contributed by atoms with Crippen molar-refractivity contribution in [3.05, 3.63) is 76.3 Å². The Balaban J connectivity index is 2.30. The molecule has 1 aromatic carbocycles. The molecule has 3 rings (SSSR count). The first kappa shape index (κ1) is 12.7. The van der Waals surface area contributed by atoms with Gasteiger partial charge in [0.25, 0.3) is 0 Å². The molecule has 2 heterocycles. The minimum Gasteiger partial charge on any atom is -0.361 e. The number of aryl methyl sites for hydroxylation is 3. The number of aromatic amines is 1. The minimum absolute atomic E-state index is 1.02. The summed E-state index contributed by atoms with van der Waals surface area (Å²) < 4.78 is 0. The van der Waals surface area contributed by atoms with Gasteiger partial charge in [0.1, 0.15) is 0 Å². The first-order valence-electron chi connectivity index (χ1n) is 6.84. The molecule has 0 spiro atoms. The van der Waals surface area contributed by atoms with E-state index < -0.39 is 0 Å². The van der Waals surface area contributed by atoms with Crippen LogP contribution in [0.5, 0.6) is 0 Å². The van der Waals surface area contributed by atoms with E-state index >= 15 is 0 Å². The van der Waals surface area contributed by atoms with Crippen molar-refractivity contribution in [1.82, 2.24) is 4.98 Å². The summed E-state index contributed by atoms with van der Waals surface area (Å²) in [5.41, 5.74) is 8.45. The molecule has 0 atom stereocenters. The topological polar surface area (TPSA) is 28.1 Å². The van der Waals surface area contributed by atoms with Gasteiger partial charge in [0.2, 0.25) is 0 Å². The number of nitrogens with zero attached hydrogens (tertiary/aromatic N) is 1. The van der Waals surface area contributed by atoms with Crippen LogP contribution in [0.25, 0.3) is 5.57 Å². The molecule has 0 fully saturated rings. The Hall–Kier alpha value is -2.35. The van der Waals surface area contributed by atoms with Crippen LogP contribution >= 0.6 is 0 Å². The van der Waals surface area contributed by atoms with Crippen molar-refractivity contribution in [3.63, 3.8) is 0 Å². The first-order chi connectivity index (χ1) is 9.66. The Bertz CT molecular complexity index is 692. The lowest BCUT2D eigenvalue weighted by molar-refractivity contribution is 1.25. The molecule has 2 nitrogen and oxygen atoms in total. The molecule has 1 N–H and O–H groups in total. The molecule has 0 saturated heterocycles. The van der Waals surface area contributed by atoms with Gasteiger partial charge < -0.3 is 4.98 Å². The summed E-state index contributed by atoms with van der Waals surface area (Å²) in [6.45, 7) is 6.47. The lowest BCUT2D eigenvalue weighted by atomic mass is 9.91.